The minimum absolute atomic E-state index is 0.0247. The van der Waals surface area contributed by atoms with Gasteiger partial charge in [-0.3, -0.25) is 9.69 Å². The highest BCUT2D eigenvalue weighted by Crippen LogP contribution is 2.17. The zero-order valence-corrected chi connectivity index (χ0v) is 9.03. The van der Waals surface area contributed by atoms with Gasteiger partial charge < -0.3 is 4.90 Å². The van der Waals surface area contributed by atoms with E-state index in [9.17, 15) is 4.79 Å². The number of likely N-dealkylation sites (N-methyl/N-ethyl adjacent to an activating group) is 2. The maximum Gasteiger partial charge on any atom is 0.239 e. The third-order valence-corrected chi connectivity index (χ3v) is 2.97. The zero-order valence-electron chi connectivity index (χ0n) is 9.03. The van der Waals surface area contributed by atoms with Gasteiger partial charge in [-0.1, -0.05) is 0 Å². The van der Waals surface area contributed by atoms with Gasteiger partial charge in [0.1, 0.15) is 0 Å². The standard InChI is InChI=1S/C10H17N3O/c1-8(4-6-11)13(3)9-5-7-12(2)10(9)14/h8-9H,4-5,7H2,1-3H3. The first-order chi connectivity index (χ1) is 6.57. The number of nitrogens with zero attached hydrogens (tertiary/aromatic N) is 3. The Kier molecular flexibility index (Phi) is 3.48. The molecule has 0 aromatic carbocycles. The van der Waals surface area contributed by atoms with Gasteiger partial charge in [0, 0.05) is 19.6 Å². The molecule has 0 bridgehead atoms. The van der Waals surface area contributed by atoms with Gasteiger partial charge in [-0.15, -0.1) is 0 Å². The van der Waals surface area contributed by atoms with E-state index in [1.54, 1.807) is 4.90 Å². The molecule has 0 aromatic rings. The summed E-state index contributed by atoms with van der Waals surface area (Å²) >= 11 is 0. The quantitative estimate of drug-likeness (QED) is 0.657. The van der Waals surface area contributed by atoms with E-state index >= 15 is 0 Å². The van der Waals surface area contributed by atoms with Crippen molar-refractivity contribution < 1.29 is 4.79 Å². The third kappa shape index (κ3) is 2.05. The molecule has 1 aliphatic rings. The minimum Gasteiger partial charge on any atom is -0.344 e. The Labute approximate surface area is 85.1 Å². The van der Waals surface area contributed by atoms with Gasteiger partial charge in [-0.05, 0) is 20.4 Å². The number of nitriles is 1. The lowest BCUT2D eigenvalue weighted by Gasteiger charge is -2.27. The normalized spacial score (nSPS) is 24.1. The highest BCUT2D eigenvalue weighted by atomic mass is 16.2. The average Bonchev–Trinajstić information content (AvgIpc) is 2.47. The predicted molar refractivity (Wildman–Crippen MR) is 53.5 cm³/mol. The van der Waals surface area contributed by atoms with Crippen LogP contribution in [0.5, 0.6) is 0 Å². The molecule has 1 rings (SSSR count). The van der Waals surface area contributed by atoms with Crippen LogP contribution in [0.25, 0.3) is 0 Å². The molecule has 14 heavy (non-hydrogen) atoms. The van der Waals surface area contributed by atoms with Gasteiger partial charge in [-0.25, -0.2) is 0 Å². The van der Waals surface area contributed by atoms with Crippen LogP contribution in [0.4, 0.5) is 0 Å². The number of hydrogen-bond acceptors (Lipinski definition) is 3. The monoisotopic (exact) mass is 195 g/mol. The number of carbonyl (C=O) groups excluding carboxylic acids is 1. The average molecular weight is 195 g/mol. The number of carbonyl (C=O) groups is 1. The molecule has 1 saturated heterocycles. The number of rotatable bonds is 3. The Morgan fingerprint density at radius 3 is 2.86 bits per heavy atom. The smallest absolute Gasteiger partial charge is 0.239 e. The Hall–Kier alpha value is -1.08. The minimum atomic E-state index is -0.0247. The fraction of sp³-hybridized carbons (Fsp3) is 0.800. The van der Waals surface area contributed by atoms with Crippen molar-refractivity contribution >= 4 is 5.91 Å². The van der Waals surface area contributed by atoms with Crippen LogP contribution in [0, 0.1) is 11.3 Å². The molecule has 0 saturated carbocycles. The fourth-order valence-corrected chi connectivity index (χ4v) is 1.77. The van der Waals surface area contributed by atoms with Crippen molar-refractivity contribution in [3.8, 4) is 6.07 Å². The topological polar surface area (TPSA) is 47.3 Å². The van der Waals surface area contributed by atoms with E-state index in [4.69, 9.17) is 5.26 Å². The SMILES string of the molecule is CC(CC#N)N(C)C1CCN(C)C1=O. The molecule has 4 nitrogen and oxygen atoms in total. The summed E-state index contributed by atoms with van der Waals surface area (Å²) in [5, 5.41) is 8.57. The summed E-state index contributed by atoms with van der Waals surface area (Å²) in [6.07, 6.45) is 1.35. The Morgan fingerprint density at radius 1 is 1.79 bits per heavy atom. The predicted octanol–water partition coefficient (Wildman–Crippen LogP) is 0.451. The highest BCUT2D eigenvalue weighted by Gasteiger charge is 2.33. The Bertz CT molecular complexity index is 259. The first-order valence-corrected chi connectivity index (χ1v) is 4.91. The number of likely N-dealkylation sites (tertiary alicyclic amines) is 1. The molecule has 0 spiro atoms. The van der Waals surface area contributed by atoms with Crippen molar-refractivity contribution in [1.82, 2.24) is 9.80 Å². The van der Waals surface area contributed by atoms with E-state index < -0.39 is 0 Å². The maximum absolute atomic E-state index is 11.7. The molecule has 4 heteroatoms. The summed E-state index contributed by atoms with van der Waals surface area (Å²) < 4.78 is 0. The van der Waals surface area contributed by atoms with Crippen molar-refractivity contribution in [2.45, 2.75) is 31.8 Å². The Balaban J connectivity index is 2.57. The summed E-state index contributed by atoms with van der Waals surface area (Å²) in [5.41, 5.74) is 0. The second kappa shape index (κ2) is 4.43. The lowest BCUT2D eigenvalue weighted by Crippen LogP contribution is -2.43. The van der Waals surface area contributed by atoms with Gasteiger partial charge in [0.15, 0.2) is 0 Å². The first-order valence-electron chi connectivity index (χ1n) is 4.91. The van der Waals surface area contributed by atoms with E-state index in [2.05, 4.69) is 6.07 Å². The van der Waals surface area contributed by atoms with E-state index in [0.29, 0.717) is 6.42 Å². The van der Waals surface area contributed by atoms with Gasteiger partial charge in [-0.2, -0.15) is 5.26 Å². The molecule has 0 aliphatic carbocycles. The largest absolute Gasteiger partial charge is 0.344 e. The molecule has 0 N–H and O–H groups in total. The van der Waals surface area contributed by atoms with Crippen LogP contribution in [0.15, 0.2) is 0 Å². The summed E-state index contributed by atoms with van der Waals surface area (Å²) in [5.74, 6) is 0.178. The molecule has 1 fully saturated rings. The van der Waals surface area contributed by atoms with Crippen LogP contribution < -0.4 is 0 Å². The lowest BCUT2D eigenvalue weighted by atomic mass is 10.1. The van der Waals surface area contributed by atoms with Crippen molar-refractivity contribution in [2.24, 2.45) is 0 Å². The second-order valence-corrected chi connectivity index (χ2v) is 3.94. The van der Waals surface area contributed by atoms with Gasteiger partial charge >= 0.3 is 0 Å². The molecule has 78 valence electrons. The third-order valence-electron chi connectivity index (χ3n) is 2.97. The Morgan fingerprint density at radius 2 is 2.43 bits per heavy atom. The van der Waals surface area contributed by atoms with Crippen LogP contribution in [0.1, 0.15) is 19.8 Å². The summed E-state index contributed by atoms with van der Waals surface area (Å²) in [7, 11) is 3.74. The molecular formula is C10H17N3O. The van der Waals surface area contributed by atoms with Crippen molar-refractivity contribution in [2.75, 3.05) is 20.6 Å². The van der Waals surface area contributed by atoms with Crippen LogP contribution in [-0.4, -0.2) is 48.4 Å². The van der Waals surface area contributed by atoms with E-state index in [1.165, 1.54) is 0 Å². The van der Waals surface area contributed by atoms with Crippen LogP contribution in [0.2, 0.25) is 0 Å². The fourth-order valence-electron chi connectivity index (χ4n) is 1.77. The van der Waals surface area contributed by atoms with Crippen molar-refractivity contribution in [3.05, 3.63) is 0 Å². The summed E-state index contributed by atoms with van der Waals surface area (Å²) in [6, 6.07) is 2.26. The maximum atomic E-state index is 11.7. The van der Waals surface area contributed by atoms with Crippen LogP contribution in [0.3, 0.4) is 0 Å². The van der Waals surface area contributed by atoms with Gasteiger partial charge in [0.2, 0.25) is 5.91 Å². The van der Waals surface area contributed by atoms with Crippen LogP contribution in [-0.2, 0) is 4.79 Å². The second-order valence-electron chi connectivity index (χ2n) is 3.94. The van der Waals surface area contributed by atoms with Crippen molar-refractivity contribution in [3.63, 3.8) is 0 Å². The highest BCUT2D eigenvalue weighted by molar-refractivity contribution is 5.83. The summed E-state index contributed by atoms with van der Waals surface area (Å²) in [6.45, 7) is 2.81. The number of hydrogen-bond donors (Lipinski definition) is 0. The van der Waals surface area contributed by atoms with Crippen molar-refractivity contribution in [1.29, 1.82) is 5.26 Å². The molecule has 1 aliphatic heterocycles. The summed E-state index contributed by atoms with van der Waals surface area (Å²) in [4.78, 5) is 15.4. The first kappa shape index (κ1) is 11.0. The molecular weight excluding hydrogens is 178 g/mol. The molecule has 2 atom stereocenters. The van der Waals surface area contributed by atoms with Gasteiger partial charge in [0.05, 0.1) is 18.5 Å². The lowest BCUT2D eigenvalue weighted by molar-refractivity contribution is -0.131. The van der Waals surface area contributed by atoms with E-state index in [1.807, 2.05) is 25.9 Å². The molecule has 0 radical (unpaired) electrons. The number of amides is 1. The van der Waals surface area contributed by atoms with Crippen LogP contribution >= 0.6 is 0 Å². The molecule has 0 aromatic heterocycles. The molecule has 1 amide bonds. The molecule has 1 heterocycles. The zero-order chi connectivity index (χ0) is 10.7. The van der Waals surface area contributed by atoms with E-state index in [-0.39, 0.29) is 18.0 Å². The van der Waals surface area contributed by atoms with Gasteiger partial charge in [0.25, 0.3) is 0 Å². The van der Waals surface area contributed by atoms with E-state index in [0.717, 1.165) is 13.0 Å². The molecule has 2 unspecified atom stereocenters.